The van der Waals surface area contributed by atoms with Crippen molar-refractivity contribution in [2.45, 2.75) is 51.2 Å². The van der Waals surface area contributed by atoms with Crippen molar-refractivity contribution in [1.82, 2.24) is 0 Å². The van der Waals surface area contributed by atoms with Crippen molar-refractivity contribution in [2.24, 2.45) is 0 Å². The van der Waals surface area contributed by atoms with Crippen LogP contribution in [0.1, 0.15) is 50.7 Å². The minimum Gasteiger partial charge on any atom is -0.490 e. The molecule has 0 radical (unpaired) electrons. The van der Waals surface area contributed by atoms with E-state index in [9.17, 15) is 5.11 Å². The number of aliphatic hydroxyl groups is 1. The summed E-state index contributed by atoms with van der Waals surface area (Å²) < 4.78 is 5.89. The van der Waals surface area contributed by atoms with E-state index in [4.69, 9.17) is 16.3 Å². The van der Waals surface area contributed by atoms with Gasteiger partial charge < -0.3 is 9.84 Å². The van der Waals surface area contributed by atoms with E-state index in [-0.39, 0.29) is 6.10 Å². The summed E-state index contributed by atoms with van der Waals surface area (Å²) in [6, 6.07) is 5.46. The summed E-state index contributed by atoms with van der Waals surface area (Å²) in [6.07, 6.45) is 5.00. The molecule has 0 amide bonds. The summed E-state index contributed by atoms with van der Waals surface area (Å²) in [6.45, 7) is 2.19. The molecule has 2 unspecified atom stereocenters. The molecule has 2 atom stereocenters. The van der Waals surface area contributed by atoms with Crippen molar-refractivity contribution in [2.75, 3.05) is 0 Å². The predicted octanol–water partition coefficient (Wildman–Crippen LogP) is 4.10. The second-order valence-corrected chi connectivity index (χ2v) is 5.11. The van der Waals surface area contributed by atoms with Gasteiger partial charge in [0.25, 0.3) is 0 Å². The third-order valence-corrected chi connectivity index (χ3v) is 3.48. The van der Waals surface area contributed by atoms with Gasteiger partial charge in [0.2, 0.25) is 0 Å². The minimum atomic E-state index is -0.441. The summed E-state index contributed by atoms with van der Waals surface area (Å²) in [5.74, 6) is 0.787. The molecular weight excluding hydrogens is 236 g/mol. The van der Waals surface area contributed by atoms with Crippen molar-refractivity contribution in [3.05, 3.63) is 28.8 Å². The largest absolute Gasteiger partial charge is 0.490 e. The average Bonchev–Trinajstić information content (AvgIpc) is 2.31. The summed E-state index contributed by atoms with van der Waals surface area (Å²) >= 11 is 5.91. The van der Waals surface area contributed by atoms with Gasteiger partial charge in [0, 0.05) is 17.0 Å². The van der Waals surface area contributed by atoms with Crippen LogP contribution in [0.4, 0.5) is 0 Å². The lowest BCUT2D eigenvalue weighted by atomic mass is 9.96. The molecule has 94 valence electrons. The molecule has 1 aromatic rings. The summed E-state index contributed by atoms with van der Waals surface area (Å²) in [5, 5.41) is 10.7. The Balaban J connectivity index is 2.03. The maximum atomic E-state index is 10.1. The van der Waals surface area contributed by atoms with Crippen LogP contribution >= 0.6 is 11.6 Å². The van der Waals surface area contributed by atoms with Gasteiger partial charge in [-0.05, 0) is 31.0 Å². The van der Waals surface area contributed by atoms with Gasteiger partial charge in [0.05, 0.1) is 6.10 Å². The highest BCUT2D eigenvalue weighted by Gasteiger charge is 2.26. The lowest BCUT2D eigenvalue weighted by Crippen LogP contribution is -2.25. The van der Waals surface area contributed by atoms with Gasteiger partial charge in [0.15, 0.2) is 0 Å². The molecule has 0 saturated carbocycles. The first-order valence-corrected chi connectivity index (χ1v) is 6.72. The number of hydrogen-bond donors (Lipinski definition) is 1. The van der Waals surface area contributed by atoms with Gasteiger partial charge in [-0.15, -0.1) is 0 Å². The zero-order valence-corrected chi connectivity index (χ0v) is 10.9. The minimum absolute atomic E-state index is 0.144. The van der Waals surface area contributed by atoms with Crippen LogP contribution in [0.15, 0.2) is 18.2 Å². The molecular formula is C14H19ClO2. The Labute approximate surface area is 108 Å². The Bertz CT molecular complexity index is 378. The molecule has 1 heterocycles. The van der Waals surface area contributed by atoms with Crippen molar-refractivity contribution in [3.63, 3.8) is 0 Å². The second-order valence-electron chi connectivity index (χ2n) is 4.67. The monoisotopic (exact) mass is 254 g/mol. The SMILES string of the molecule is CCCCCC1CC(O)c2cc(Cl)ccc2O1. The zero-order chi connectivity index (χ0) is 12.3. The fourth-order valence-electron chi connectivity index (χ4n) is 2.29. The Morgan fingerprint density at radius 2 is 2.24 bits per heavy atom. The van der Waals surface area contributed by atoms with Crippen LogP contribution < -0.4 is 4.74 Å². The highest BCUT2D eigenvalue weighted by Crippen LogP contribution is 2.37. The molecule has 2 nitrogen and oxygen atoms in total. The van der Waals surface area contributed by atoms with Gasteiger partial charge in [-0.2, -0.15) is 0 Å². The molecule has 1 N–H and O–H groups in total. The van der Waals surface area contributed by atoms with E-state index in [0.29, 0.717) is 11.4 Å². The van der Waals surface area contributed by atoms with E-state index in [0.717, 1.165) is 24.2 Å². The van der Waals surface area contributed by atoms with Crippen molar-refractivity contribution in [1.29, 1.82) is 0 Å². The number of ether oxygens (including phenoxy) is 1. The highest BCUT2D eigenvalue weighted by molar-refractivity contribution is 6.30. The maximum Gasteiger partial charge on any atom is 0.125 e. The molecule has 0 saturated heterocycles. The third kappa shape index (κ3) is 3.14. The number of rotatable bonds is 4. The zero-order valence-electron chi connectivity index (χ0n) is 10.2. The van der Waals surface area contributed by atoms with Crippen LogP contribution in [-0.2, 0) is 0 Å². The highest BCUT2D eigenvalue weighted by atomic mass is 35.5. The number of hydrogen-bond acceptors (Lipinski definition) is 2. The molecule has 0 bridgehead atoms. The van der Waals surface area contributed by atoms with Gasteiger partial charge >= 0.3 is 0 Å². The first-order chi connectivity index (χ1) is 8.20. The van der Waals surface area contributed by atoms with Gasteiger partial charge in [-0.1, -0.05) is 31.4 Å². The van der Waals surface area contributed by atoms with E-state index in [1.807, 2.05) is 12.1 Å². The van der Waals surface area contributed by atoms with E-state index in [1.54, 1.807) is 6.07 Å². The van der Waals surface area contributed by atoms with Crippen molar-refractivity contribution in [3.8, 4) is 5.75 Å². The van der Waals surface area contributed by atoms with Gasteiger partial charge in [-0.3, -0.25) is 0 Å². The fourth-order valence-corrected chi connectivity index (χ4v) is 2.47. The number of unbranched alkanes of at least 4 members (excludes halogenated alkanes) is 2. The van der Waals surface area contributed by atoms with Crippen molar-refractivity contribution >= 4 is 11.6 Å². The van der Waals surface area contributed by atoms with E-state index < -0.39 is 6.10 Å². The molecule has 0 aliphatic carbocycles. The summed E-state index contributed by atoms with van der Waals surface area (Å²) in [4.78, 5) is 0. The van der Waals surface area contributed by atoms with Crippen LogP contribution in [0, 0.1) is 0 Å². The standard InChI is InChI=1S/C14H19ClO2/c1-2-3-4-5-11-9-13(16)12-8-10(15)6-7-14(12)17-11/h6-8,11,13,16H,2-5,9H2,1H3. The van der Waals surface area contributed by atoms with Crippen LogP contribution in [0.25, 0.3) is 0 Å². The number of benzene rings is 1. The number of halogens is 1. The predicted molar refractivity (Wildman–Crippen MR) is 69.6 cm³/mol. The van der Waals surface area contributed by atoms with E-state index >= 15 is 0 Å². The molecule has 1 aromatic carbocycles. The molecule has 0 spiro atoms. The van der Waals surface area contributed by atoms with E-state index in [1.165, 1.54) is 12.8 Å². The topological polar surface area (TPSA) is 29.5 Å². The Morgan fingerprint density at radius 3 is 3.00 bits per heavy atom. The van der Waals surface area contributed by atoms with Crippen LogP contribution in [0.2, 0.25) is 5.02 Å². The molecule has 2 rings (SSSR count). The number of aliphatic hydroxyl groups excluding tert-OH is 1. The van der Waals surface area contributed by atoms with Crippen LogP contribution in [-0.4, -0.2) is 11.2 Å². The average molecular weight is 255 g/mol. The Hall–Kier alpha value is -0.730. The van der Waals surface area contributed by atoms with Gasteiger partial charge in [-0.25, -0.2) is 0 Å². The van der Waals surface area contributed by atoms with Crippen LogP contribution in [0.5, 0.6) is 5.75 Å². The molecule has 1 aliphatic heterocycles. The van der Waals surface area contributed by atoms with Crippen LogP contribution in [0.3, 0.4) is 0 Å². The first-order valence-electron chi connectivity index (χ1n) is 6.35. The lowest BCUT2D eigenvalue weighted by Gasteiger charge is -2.29. The maximum absolute atomic E-state index is 10.1. The quantitative estimate of drug-likeness (QED) is 0.820. The summed E-state index contributed by atoms with van der Waals surface area (Å²) in [7, 11) is 0. The first kappa shape index (κ1) is 12.7. The molecule has 0 aromatic heterocycles. The van der Waals surface area contributed by atoms with Crippen molar-refractivity contribution < 1.29 is 9.84 Å². The summed E-state index contributed by atoms with van der Waals surface area (Å²) in [5.41, 5.74) is 0.823. The van der Waals surface area contributed by atoms with E-state index in [2.05, 4.69) is 6.92 Å². The lowest BCUT2D eigenvalue weighted by molar-refractivity contribution is 0.0605. The molecule has 17 heavy (non-hydrogen) atoms. The molecule has 1 aliphatic rings. The second kappa shape index (κ2) is 5.74. The van der Waals surface area contributed by atoms with Gasteiger partial charge in [0.1, 0.15) is 11.9 Å². The third-order valence-electron chi connectivity index (χ3n) is 3.24. The number of fused-ring (bicyclic) bond motifs is 1. The fraction of sp³-hybridized carbons (Fsp3) is 0.571. The normalized spacial score (nSPS) is 23.0. The Kier molecular flexibility index (Phi) is 4.30. The Morgan fingerprint density at radius 1 is 1.41 bits per heavy atom. The molecule has 0 fully saturated rings. The smallest absolute Gasteiger partial charge is 0.125 e. The molecule has 3 heteroatoms.